The molecule has 1 aromatic carbocycles. The summed E-state index contributed by atoms with van der Waals surface area (Å²) in [5.74, 6) is 0.545. The first kappa shape index (κ1) is 16.5. The molecule has 1 amide bonds. The van der Waals surface area contributed by atoms with E-state index in [4.69, 9.17) is 9.47 Å². The number of halogens is 1. The summed E-state index contributed by atoms with van der Waals surface area (Å²) in [7, 11) is 0. The van der Waals surface area contributed by atoms with Crippen molar-refractivity contribution in [1.82, 2.24) is 9.78 Å². The first-order chi connectivity index (χ1) is 11.4. The number of fused-ring (bicyclic) bond motifs is 1. The van der Waals surface area contributed by atoms with E-state index in [-0.39, 0.29) is 18.5 Å². The van der Waals surface area contributed by atoms with Crippen molar-refractivity contribution in [1.29, 1.82) is 0 Å². The number of ketones is 1. The molecule has 1 aromatic heterocycles. The molecule has 0 radical (unpaired) electrons. The Balaban J connectivity index is 1.89. The van der Waals surface area contributed by atoms with Crippen molar-refractivity contribution < 1.29 is 19.1 Å². The van der Waals surface area contributed by atoms with E-state index in [1.54, 1.807) is 29.9 Å². The standard InChI is InChI=1S/C16H16BrN3O4/c1-8-12(17)6-18-20(8)9(2)16(22)19-13-5-15-14(23-7-24-15)4-11(13)10(3)21/h4-6,9H,7H2,1-3H3,(H,19,22)/t9-/m0/s1. The minimum Gasteiger partial charge on any atom is -0.454 e. The van der Waals surface area contributed by atoms with Gasteiger partial charge in [-0.1, -0.05) is 0 Å². The minimum atomic E-state index is -0.540. The van der Waals surface area contributed by atoms with Gasteiger partial charge in [0, 0.05) is 11.6 Å². The number of Topliss-reactive ketones (excluding diaryl/α,β-unsaturated/α-hetero) is 1. The largest absolute Gasteiger partial charge is 0.454 e. The summed E-state index contributed by atoms with van der Waals surface area (Å²) in [6.07, 6.45) is 1.64. The molecule has 7 nitrogen and oxygen atoms in total. The molecule has 0 fully saturated rings. The van der Waals surface area contributed by atoms with E-state index in [1.807, 2.05) is 6.92 Å². The third-order valence-electron chi connectivity index (χ3n) is 3.88. The molecule has 0 bridgehead atoms. The number of hydrogen-bond acceptors (Lipinski definition) is 5. The van der Waals surface area contributed by atoms with Gasteiger partial charge in [0.2, 0.25) is 12.7 Å². The van der Waals surface area contributed by atoms with Gasteiger partial charge in [-0.3, -0.25) is 14.3 Å². The van der Waals surface area contributed by atoms with E-state index >= 15 is 0 Å². The molecular weight excluding hydrogens is 378 g/mol. The number of nitrogens with one attached hydrogen (secondary N) is 1. The van der Waals surface area contributed by atoms with Gasteiger partial charge in [-0.25, -0.2) is 0 Å². The third-order valence-corrected chi connectivity index (χ3v) is 4.66. The number of ether oxygens (including phenoxy) is 2. The number of rotatable bonds is 4. The molecule has 0 unspecified atom stereocenters. The lowest BCUT2D eigenvalue weighted by Gasteiger charge is -2.16. The molecule has 0 aliphatic carbocycles. The smallest absolute Gasteiger partial charge is 0.248 e. The maximum atomic E-state index is 12.6. The van der Waals surface area contributed by atoms with Gasteiger partial charge >= 0.3 is 0 Å². The Morgan fingerprint density at radius 2 is 2.00 bits per heavy atom. The van der Waals surface area contributed by atoms with Crippen molar-refractivity contribution in [3.63, 3.8) is 0 Å². The summed E-state index contributed by atoms with van der Waals surface area (Å²) in [5, 5.41) is 6.98. The van der Waals surface area contributed by atoms with Crippen LogP contribution < -0.4 is 14.8 Å². The van der Waals surface area contributed by atoms with Crippen LogP contribution in [0.1, 0.15) is 35.9 Å². The molecule has 3 rings (SSSR count). The number of carbonyl (C=O) groups is 2. The lowest BCUT2D eigenvalue weighted by atomic mass is 10.1. The normalized spacial score (nSPS) is 13.7. The predicted octanol–water partition coefficient (Wildman–Crippen LogP) is 3.09. The van der Waals surface area contributed by atoms with Crippen LogP contribution in [0.5, 0.6) is 11.5 Å². The van der Waals surface area contributed by atoms with E-state index in [2.05, 4.69) is 26.3 Å². The van der Waals surface area contributed by atoms with Crippen LogP contribution >= 0.6 is 15.9 Å². The lowest BCUT2D eigenvalue weighted by molar-refractivity contribution is -0.119. The minimum absolute atomic E-state index is 0.0982. The highest BCUT2D eigenvalue weighted by Gasteiger charge is 2.23. The summed E-state index contributed by atoms with van der Waals surface area (Å²) in [5.41, 5.74) is 1.61. The second-order valence-electron chi connectivity index (χ2n) is 5.49. The number of nitrogens with zero attached hydrogens (tertiary/aromatic N) is 2. The molecule has 2 aromatic rings. The zero-order valence-electron chi connectivity index (χ0n) is 13.4. The average molecular weight is 394 g/mol. The fourth-order valence-corrected chi connectivity index (χ4v) is 2.75. The highest BCUT2D eigenvalue weighted by molar-refractivity contribution is 9.10. The van der Waals surface area contributed by atoms with Crippen molar-refractivity contribution in [3.05, 3.63) is 34.1 Å². The number of anilines is 1. The van der Waals surface area contributed by atoms with Gasteiger partial charge in [0.05, 0.1) is 22.1 Å². The molecule has 1 N–H and O–H groups in total. The van der Waals surface area contributed by atoms with Crippen molar-refractivity contribution in [3.8, 4) is 11.5 Å². The molecule has 0 saturated carbocycles. The Hall–Kier alpha value is -2.35. The highest BCUT2D eigenvalue weighted by atomic mass is 79.9. The Bertz CT molecular complexity index is 831. The van der Waals surface area contributed by atoms with Crippen LogP contribution in [0, 0.1) is 6.92 Å². The van der Waals surface area contributed by atoms with Crippen LogP contribution in [-0.2, 0) is 4.79 Å². The summed E-state index contributed by atoms with van der Waals surface area (Å²) >= 11 is 3.37. The first-order valence-electron chi connectivity index (χ1n) is 7.33. The van der Waals surface area contributed by atoms with Gasteiger partial charge in [0.1, 0.15) is 6.04 Å². The summed E-state index contributed by atoms with van der Waals surface area (Å²) < 4.78 is 13.0. The van der Waals surface area contributed by atoms with Crippen molar-refractivity contribution in [2.45, 2.75) is 26.8 Å². The zero-order valence-corrected chi connectivity index (χ0v) is 15.0. The van der Waals surface area contributed by atoms with Crippen molar-refractivity contribution in [2.75, 3.05) is 12.1 Å². The molecule has 1 aliphatic rings. The quantitative estimate of drug-likeness (QED) is 0.806. The Morgan fingerprint density at radius 3 is 2.58 bits per heavy atom. The zero-order chi connectivity index (χ0) is 17.4. The molecule has 1 aliphatic heterocycles. The maximum Gasteiger partial charge on any atom is 0.248 e. The van der Waals surface area contributed by atoms with Crippen LogP contribution in [0.3, 0.4) is 0 Å². The topological polar surface area (TPSA) is 82.5 Å². The summed E-state index contributed by atoms with van der Waals surface area (Å²) in [6, 6.07) is 2.65. The first-order valence-corrected chi connectivity index (χ1v) is 8.13. The van der Waals surface area contributed by atoms with Crippen molar-refractivity contribution >= 4 is 33.3 Å². The maximum absolute atomic E-state index is 12.6. The molecule has 1 atom stereocenters. The van der Waals surface area contributed by atoms with Crippen molar-refractivity contribution in [2.24, 2.45) is 0 Å². The van der Waals surface area contributed by atoms with Gasteiger partial charge in [0.15, 0.2) is 17.3 Å². The number of benzene rings is 1. The molecule has 8 heteroatoms. The predicted molar refractivity (Wildman–Crippen MR) is 90.6 cm³/mol. The fraction of sp³-hybridized carbons (Fsp3) is 0.312. The van der Waals surface area contributed by atoms with Crippen LogP contribution in [0.2, 0.25) is 0 Å². The summed E-state index contributed by atoms with van der Waals surface area (Å²) in [6.45, 7) is 5.14. The van der Waals surface area contributed by atoms with E-state index in [0.29, 0.717) is 22.7 Å². The van der Waals surface area contributed by atoms with E-state index in [0.717, 1.165) is 10.2 Å². The monoisotopic (exact) mass is 393 g/mol. The van der Waals surface area contributed by atoms with E-state index in [9.17, 15) is 9.59 Å². The SMILES string of the molecule is CC(=O)c1cc2c(cc1NC(=O)[C@H](C)n1ncc(Br)c1C)OCO2. The molecule has 2 heterocycles. The molecule has 0 spiro atoms. The molecular formula is C16H16BrN3O4. The second kappa shape index (κ2) is 6.27. The van der Waals surface area contributed by atoms with E-state index in [1.165, 1.54) is 6.92 Å². The van der Waals surface area contributed by atoms with Gasteiger partial charge in [0.25, 0.3) is 0 Å². The highest BCUT2D eigenvalue weighted by Crippen LogP contribution is 2.37. The van der Waals surface area contributed by atoms with Crippen LogP contribution in [0.15, 0.2) is 22.8 Å². The van der Waals surface area contributed by atoms with Gasteiger partial charge < -0.3 is 14.8 Å². The summed E-state index contributed by atoms with van der Waals surface area (Å²) in [4.78, 5) is 24.5. The number of carbonyl (C=O) groups excluding carboxylic acids is 2. The van der Waals surface area contributed by atoms with Crippen LogP contribution in [-0.4, -0.2) is 28.3 Å². The van der Waals surface area contributed by atoms with Gasteiger partial charge in [-0.2, -0.15) is 5.10 Å². The van der Waals surface area contributed by atoms with E-state index < -0.39 is 6.04 Å². The molecule has 24 heavy (non-hydrogen) atoms. The Labute approximate surface area is 147 Å². The van der Waals surface area contributed by atoms with Crippen LogP contribution in [0.4, 0.5) is 5.69 Å². The number of hydrogen-bond donors (Lipinski definition) is 1. The number of amides is 1. The third kappa shape index (κ3) is 2.89. The average Bonchev–Trinajstić information content (AvgIpc) is 3.12. The fourth-order valence-electron chi connectivity index (χ4n) is 2.48. The van der Waals surface area contributed by atoms with Gasteiger partial charge in [-0.05, 0) is 42.8 Å². The Morgan fingerprint density at radius 1 is 1.33 bits per heavy atom. The Kier molecular flexibility index (Phi) is 4.31. The molecule has 0 saturated heterocycles. The van der Waals surface area contributed by atoms with Crippen LogP contribution in [0.25, 0.3) is 0 Å². The van der Waals surface area contributed by atoms with Gasteiger partial charge in [-0.15, -0.1) is 0 Å². The molecule has 126 valence electrons. The second-order valence-corrected chi connectivity index (χ2v) is 6.35. The lowest BCUT2D eigenvalue weighted by Crippen LogP contribution is -2.26. The number of aromatic nitrogens is 2.